The summed E-state index contributed by atoms with van der Waals surface area (Å²) in [4.78, 5) is 38.3. The van der Waals surface area contributed by atoms with Gasteiger partial charge in [0.25, 0.3) is 0 Å². The maximum absolute atomic E-state index is 10.3. The summed E-state index contributed by atoms with van der Waals surface area (Å²) in [5, 5.41) is 10.4. The maximum atomic E-state index is 10.3. The fraction of sp³-hybridized carbons (Fsp3) is 0.600. The molecule has 3 heterocycles. The Hall–Kier alpha value is -3.18. The summed E-state index contributed by atoms with van der Waals surface area (Å²) < 4.78 is 12.8. The summed E-state index contributed by atoms with van der Waals surface area (Å²) in [6.45, 7) is 11.5. The lowest BCUT2D eigenvalue weighted by atomic mass is 10.2. The molecule has 27 heavy (non-hydrogen) atoms. The highest BCUT2D eigenvalue weighted by atomic mass is 16.5. The van der Waals surface area contributed by atoms with E-state index in [1.54, 1.807) is 0 Å². The predicted molar refractivity (Wildman–Crippen MR) is 93.6 cm³/mol. The lowest BCUT2D eigenvalue weighted by Crippen LogP contribution is -1.97. The van der Waals surface area contributed by atoms with Crippen molar-refractivity contribution in [2.75, 3.05) is 0 Å². The van der Waals surface area contributed by atoms with Crippen LogP contribution in [0.3, 0.4) is 0 Å². The van der Waals surface area contributed by atoms with Gasteiger partial charge in [-0.25, -0.2) is 14.4 Å². The summed E-state index contributed by atoms with van der Waals surface area (Å²) in [7, 11) is 0. The number of rotatable bonds is 3. The van der Waals surface area contributed by atoms with Crippen LogP contribution in [0, 0.1) is 0 Å². The summed E-state index contributed by atoms with van der Waals surface area (Å²) >= 11 is 0. The van der Waals surface area contributed by atoms with Gasteiger partial charge in [0.05, 0.1) is 0 Å². The standard InChI is InChI=1S/3C5H8N2O2/c3*1-3(2)4-6-5(8)9-7-4/h3*3H,1-2H3,(H,6,7,8). The normalized spacial score (nSPS) is 10.6. The van der Waals surface area contributed by atoms with Crippen molar-refractivity contribution in [2.45, 2.75) is 59.3 Å². The SMILES string of the molecule is CC(C)c1noc(=O)[nH]1.CC(C)c1noc(=O)[nH]1.CC(C)c1noc(=O)[nH]1. The van der Waals surface area contributed by atoms with E-state index in [4.69, 9.17) is 0 Å². The quantitative estimate of drug-likeness (QED) is 0.603. The van der Waals surface area contributed by atoms with Gasteiger partial charge in [0.2, 0.25) is 0 Å². The van der Waals surface area contributed by atoms with Gasteiger partial charge in [-0.15, -0.1) is 0 Å². The second-order valence-electron chi connectivity index (χ2n) is 6.40. The van der Waals surface area contributed by atoms with Gasteiger partial charge in [-0.05, 0) is 0 Å². The monoisotopic (exact) mass is 384 g/mol. The van der Waals surface area contributed by atoms with Gasteiger partial charge in [0.15, 0.2) is 17.5 Å². The Morgan fingerprint density at radius 3 is 0.852 bits per heavy atom. The van der Waals surface area contributed by atoms with Crippen LogP contribution >= 0.6 is 0 Å². The molecule has 12 heteroatoms. The lowest BCUT2D eigenvalue weighted by Gasteiger charge is -1.91. The number of aromatic amines is 3. The second kappa shape index (κ2) is 10.1. The van der Waals surface area contributed by atoms with E-state index in [0.29, 0.717) is 17.5 Å². The van der Waals surface area contributed by atoms with Crippen molar-refractivity contribution in [1.82, 2.24) is 30.4 Å². The van der Waals surface area contributed by atoms with Crippen LogP contribution in [-0.2, 0) is 0 Å². The molecule has 3 aromatic heterocycles. The molecular weight excluding hydrogens is 360 g/mol. The largest absolute Gasteiger partial charge is 0.438 e. The van der Waals surface area contributed by atoms with Gasteiger partial charge in [-0.2, -0.15) is 0 Å². The van der Waals surface area contributed by atoms with Crippen molar-refractivity contribution in [3.8, 4) is 0 Å². The van der Waals surface area contributed by atoms with Crippen LogP contribution in [0.4, 0.5) is 0 Å². The van der Waals surface area contributed by atoms with E-state index >= 15 is 0 Å². The Kier molecular flexibility index (Phi) is 8.17. The molecule has 0 aromatic carbocycles. The lowest BCUT2D eigenvalue weighted by molar-refractivity contribution is 0.379. The molecule has 0 unspecified atom stereocenters. The van der Waals surface area contributed by atoms with Crippen LogP contribution in [0.1, 0.15) is 76.8 Å². The number of hydrogen-bond acceptors (Lipinski definition) is 9. The molecule has 0 aliphatic heterocycles. The Balaban J connectivity index is 0.000000202. The highest BCUT2D eigenvalue weighted by Gasteiger charge is 2.04. The number of aromatic nitrogens is 6. The van der Waals surface area contributed by atoms with Crippen LogP contribution < -0.4 is 17.3 Å². The molecule has 0 saturated heterocycles. The van der Waals surface area contributed by atoms with Gasteiger partial charge in [-0.3, -0.25) is 28.5 Å². The third-order valence-electron chi connectivity index (χ3n) is 3.01. The molecule has 150 valence electrons. The molecule has 0 atom stereocenters. The van der Waals surface area contributed by atoms with Crippen LogP contribution in [0.5, 0.6) is 0 Å². The highest BCUT2D eigenvalue weighted by molar-refractivity contribution is 4.86. The van der Waals surface area contributed by atoms with E-state index in [2.05, 4.69) is 44.0 Å². The van der Waals surface area contributed by atoms with E-state index in [1.807, 2.05) is 41.5 Å². The summed E-state index contributed by atoms with van der Waals surface area (Å²) in [5.41, 5.74) is 0. The smallest absolute Gasteiger partial charge is 0.296 e. The molecule has 0 spiro atoms. The molecule has 0 aliphatic rings. The fourth-order valence-corrected chi connectivity index (χ4v) is 1.47. The topological polar surface area (TPSA) is 177 Å². The van der Waals surface area contributed by atoms with Gasteiger partial charge in [-0.1, -0.05) is 57.0 Å². The zero-order chi connectivity index (χ0) is 20.6. The Morgan fingerprint density at radius 1 is 0.556 bits per heavy atom. The molecule has 0 saturated carbocycles. The fourth-order valence-electron chi connectivity index (χ4n) is 1.47. The zero-order valence-corrected chi connectivity index (χ0v) is 16.0. The first kappa shape index (κ1) is 21.9. The van der Waals surface area contributed by atoms with Crippen molar-refractivity contribution in [1.29, 1.82) is 0 Å². The molecule has 3 aromatic rings. The average molecular weight is 384 g/mol. The first-order chi connectivity index (χ1) is 12.6. The number of nitrogens with zero attached hydrogens (tertiary/aromatic N) is 3. The molecule has 0 fully saturated rings. The van der Waals surface area contributed by atoms with Crippen molar-refractivity contribution in [3.63, 3.8) is 0 Å². The summed E-state index contributed by atoms with van der Waals surface area (Å²) in [6.07, 6.45) is 0. The zero-order valence-electron chi connectivity index (χ0n) is 16.0. The van der Waals surface area contributed by atoms with Crippen LogP contribution in [0.25, 0.3) is 0 Å². The summed E-state index contributed by atoms with van der Waals surface area (Å²) in [5.74, 6) is 0.987. The number of H-pyrrole nitrogens is 3. The van der Waals surface area contributed by atoms with Gasteiger partial charge >= 0.3 is 17.3 Å². The van der Waals surface area contributed by atoms with E-state index in [0.717, 1.165) is 0 Å². The predicted octanol–water partition coefficient (Wildman–Crippen LogP) is 1.46. The van der Waals surface area contributed by atoms with Gasteiger partial charge in [0.1, 0.15) is 0 Å². The molecule has 0 radical (unpaired) electrons. The first-order valence-corrected chi connectivity index (χ1v) is 8.27. The van der Waals surface area contributed by atoms with Gasteiger partial charge < -0.3 is 0 Å². The molecule has 0 aliphatic carbocycles. The van der Waals surface area contributed by atoms with Crippen LogP contribution in [-0.4, -0.2) is 30.4 Å². The molecule has 3 N–H and O–H groups in total. The Labute approximate surface area is 153 Å². The molecular formula is C15H24N6O6. The maximum Gasteiger partial charge on any atom is 0.438 e. The highest BCUT2D eigenvalue weighted by Crippen LogP contribution is 2.05. The second-order valence-corrected chi connectivity index (χ2v) is 6.40. The van der Waals surface area contributed by atoms with Crippen molar-refractivity contribution in [2.24, 2.45) is 0 Å². The van der Waals surface area contributed by atoms with E-state index in [9.17, 15) is 14.4 Å². The summed E-state index contributed by atoms with van der Waals surface area (Å²) in [6, 6.07) is 0. The Bertz CT molecular complexity index is 830. The number of nitrogens with one attached hydrogen (secondary N) is 3. The minimum Gasteiger partial charge on any atom is -0.296 e. The molecule has 0 amide bonds. The van der Waals surface area contributed by atoms with Crippen LogP contribution in [0.2, 0.25) is 0 Å². The van der Waals surface area contributed by atoms with E-state index < -0.39 is 17.3 Å². The van der Waals surface area contributed by atoms with Crippen LogP contribution in [0.15, 0.2) is 28.0 Å². The molecule has 12 nitrogen and oxygen atoms in total. The van der Waals surface area contributed by atoms with E-state index in [-0.39, 0.29) is 17.8 Å². The van der Waals surface area contributed by atoms with E-state index in [1.165, 1.54) is 0 Å². The number of hydrogen-bond donors (Lipinski definition) is 3. The minimum absolute atomic E-state index is 0.219. The van der Waals surface area contributed by atoms with Crippen molar-refractivity contribution in [3.05, 3.63) is 49.1 Å². The van der Waals surface area contributed by atoms with Crippen molar-refractivity contribution >= 4 is 0 Å². The van der Waals surface area contributed by atoms with Crippen molar-refractivity contribution < 1.29 is 13.6 Å². The average Bonchev–Trinajstić information content (AvgIpc) is 3.30. The molecule has 0 bridgehead atoms. The van der Waals surface area contributed by atoms with Gasteiger partial charge in [0, 0.05) is 17.8 Å². The minimum atomic E-state index is -0.487. The third-order valence-corrected chi connectivity index (χ3v) is 3.01. The third kappa shape index (κ3) is 7.71. The first-order valence-electron chi connectivity index (χ1n) is 8.27. The molecule has 3 rings (SSSR count). The Morgan fingerprint density at radius 2 is 0.778 bits per heavy atom.